The van der Waals surface area contributed by atoms with Crippen LogP contribution in [0.15, 0.2) is 48.5 Å². The van der Waals surface area contributed by atoms with Crippen molar-refractivity contribution in [3.8, 4) is 11.5 Å². The SMILES string of the molecule is COc1ccc(OC[C@H](O)C[NH2+][C@H](C)c2ccccc2)c(C(C)(C)C)c1. The summed E-state index contributed by atoms with van der Waals surface area (Å²) in [5, 5.41) is 12.5. The number of quaternary nitrogens is 1. The number of benzene rings is 2. The molecular formula is C22H32NO3+. The molecule has 0 heterocycles. The van der Waals surface area contributed by atoms with E-state index in [0.717, 1.165) is 17.1 Å². The van der Waals surface area contributed by atoms with Crippen molar-refractivity contribution in [2.24, 2.45) is 0 Å². The van der Waals surface area contributed by atoms with Crippen molar-refractivity contribution >= 4 is 0 Å². The second-order valence-electron chi connectivity index (χ2n) is 7.75. The van der Waals surface area contributed by atoms with Crippen molar-refractivity contribution in [1.82, 2.24) is 0 Å². The van der Waals surface area contributed by atoms with Gasteiger partial charge in [-0.1, -0.05) is 51.1 Å². The second kappa shape index (κ2) is 9.06. The Hall–Kier alpha value is -2.04. The highest BCUT2D eigenvalue weighted by atomic mass is 16.5. The first-order valence-corrected chi connectivity index (χ1v) is 9.19. The molecule has 0 aliphatic carbocycles. The van der Waals surface area contributed by atoms with Crippen LogP contribution in [0.1, 0.15) is 44.9 Å². The summed E-state index contributed by atoms with van der Waals surface area (Å²) >= 11 is 0. The van der Waals surface area contributed by atoms with Gasteiger partial charge in [0.25, 0.3) is 0 Å². The minimum absolute atomic E-state index is 0.0667. The maximum atomic E-state index is 10.3. The first-order chi connectivity index (χ1) is 12.3. The highest BCUT2D eigenvalue weighted by Crippen LogP contribution is 2.34. The van der Waals surface area contributed by atoms with E-state index in [9.17, 15) is 5.11 Å². The van der Waals surface area contributed by atoms with E-state index in [0.29, 0.717) is 12.6 Å². The van der Waals surface area contributed by atoms with Gasteiger partial charge < -0.3 is 19.9 Å². The van der Waals surface area contributed by atoms with Crippen LogP contribution in [0.2, 0.25) is 0 Å². The Morgan fingerprint density at radius 1 is 1.08 bits per heavy atom. The van der Waals surface area contributed by atoms with Gasteiger partial charge >= 0.3 is 0 Å². The molecule has 2 aromatic carbocycles. The molecule has 0 bridgehead atoms. The van der Waals surface area contributed by atoms with Crippen molar-refractivity contribution in [2.45, 2.75) is 45.3 Å². The number of methoxy groups -OCH3 is 1. The lowest BCUT2D eigenvalue weighted by Gasteiger charge is -2.24. The Balaban J connectivity index is 1.92. The predicted octanol–water partition coefficient (Wildman–Crippen LogP) is 3.06. The zero-order valence-corrected chi connectivity index (χ0v) is 16.5. The van der Waals surface area contributed by atoms with Crippen LogP contribution in [0, 0.1) is 0 Å². The molecular weight excluding hydrogens is 326 g/mol. The zero-order valence-electron chi connectivity index (χ0n) is 16.5. The van der Waals surface area contributed by atoms with Crippen LogP contribution in [-0.2, 0) is 5.41 Å². The first kappa shape index (κ1) is 20.3. The number of rotatable bonds is 8. The minimum atomic E-state index is -0.531. The molecule has 4 nitrogen and oxygen atoms in total. The van der Waals surface area contributed by atoms with Crippen LogP contribution in [-0.4, -0.2) is 31.5 Å². The topological polar surface area (TPSA) is 55.3 Å². The van der Waals surface area contributed by atoms with Crippen LogP contribution < -0.4 is 14.8 Å². The average Bonchev–Trinajstić information content (AvgIpc) is 2.64. The molecule has 4 heteroatoms. The fraction of sp³-hybridized carbons (Fsp3) is 0.455. The van der Waals surface area contributed by atoms with Gasteiger partial charge in [0, 0.05) is 11.1 Å². The van der Waals surface area contributed by atoms with Gasteiger partial charge in [-0.25, -0.2) is 0 Å². The molecule has 0 spiro atoms. The van der Waals surface area contributed by atoms with Gasteiger partial charge in [0.05, 0.1) is 7.11 Å². The van der Waals surface area contributed by atoms with E-state index in [1.54, 1.807) is 7.11 Å². The highest BCUT2D eigenvalue weighted by Gasteiger charge is 2.21. The van der Waals surface area contributed by atoms with Gasteiger partial charge in [-0.05, 0) is 30.5 Å². The number of ether oxygens (including phenoxy) is 2. The van der Waals surface area contributed by atoms with Gasteiger partial charge in [0.1, 0.15) is 36.8 Å². The summed E-state index contributed by atoms with van der Waals surface area (Å²) in [6.45, 7) is 9.43. The largest absolute Gasteiger partial charge is 0.497 e. The third-order valence-corrected chi connectivity index (χ3v) is 4.51. The molecule has 0 aliphatic heterocycles. The molecule has 0 amide bonds. The van der Waals surface area contributed by atoms with Gasteiger partial charge in [-0.2, -0.15) is 0 Å². The number of hydrogen-bond donors (Lipinski definition) is 2. The molecule has 3 N–H and O–H groups in total. The van der Waals surface area contributed by atoms with Gasteiger partial charge in [-0.15, -0.1) is 0 Å². The fourth-order valence-corrected chi connectivity index (χ4v) is 2.86. The zero-order chi connectivity index (χ0) is 19.2. The van der Waals surface area contributed by atoms with E-state index in [4.69, 9.17) is 9.47 Å². The van der Waals surface area contributed by atoms with E-state index in [2.05, 4.69) is 45.1 Å². The highest BCUT2D eigenvalue weighted by molar-refractivity contribution is 5.44. The maximum absolute atomic E-state index is 10.3. The molecule has 142 valence electrons. The molecule has 2 atom stereocenters. The Bertz CT molecular complexity index is 680. The van der Waals surface area contributed by atoms with Gasteiger partial charge in [0.2, 0.25) is 0 Å². The van der Waals surface area contributed by atoms with Crippen molar-refractivity contribution in [3.63, 3.8) is 0 Å². The van der Waals surface area contributed by atoms with Crippen LogP contribution in [0.5, 0.6) is 11.5 Å². The third-order valence-electron chi connectivity index (χ3n) is 4.51. The summed E-state index contributed by atoms with van der Waals surface area (Å²) in [4.78, 5) is 0. The molecule has 0 fully saturated rings. The molecule has 0 aromatic heterocycles. The summed E-state index contributed by atoms with van der Waals surface area (Å²) in [6, 6.07) is 16.4. The molecule has 26 heavy (non-hydrogen) atoms. The number of hydrogen-bond acceptors (Lipinski definition) is 3. The number of nitrogens with two attached hydrogens (primary N) is 1. The van der Waals surface area contributed by atoms with Crippen molar-refractivity contribution < 1.29 is 19.9 Å². The molecule has 0 aliphatic rings. The average molecular weight is 359 g/mol. The van der Waals surface area contributed by atoms with E-state index >= 15 is 0 Å². The Morgan fingerprint density at radius 3 is 2.38 bits per heavy atom. The summed E-state index contributed by atoms with van der Waals surface area (Å²) in [5.41, 5.74) is 2.26. The summed E-state index contributed by atoms with van der Waals surface area (Å²) in [5.74, 6) is 1.61. The van der Waals surface area contributed by atoms with Crippen molar-refractivity contribution in [3.05, 3.63) is 59.7 Å². The quantitative estimate of drug-likeness (QED) is 0.763. The summed E-state index contributed by atoms with van der Waals surface area (Å²) < 4.78 is 11.3. The maximum Gasteiger partial charge on any atom is 0.137 e. The van der Waals surface area contributed by atoms with Crippen molar-refractivity contribution in [2.75, 3.05) is 20.3 Å². The summed E-state index contributed by atoms with van der Waals surface area (Å²) in [6.07, 6.45) is -0.531. The van der Waals surface area contributed by atoms with E-state index in [-0.39, 0.29) is 12.0 Å². The first-order valence-electron chi connectivity index (χ1n) is 9.19. The number of aliphatic hydroxyl groups is 1. The molecule has 0 saturated heterocycles. The lowest BCUT2D eigenvalue weighted by Crippen LogP contribution is -2.87. The molecule has 0 saturated carbocycles. The Labute approximate surface area is 157 Å². The van der Waals surface area contributed by atoms with Gasteiger partial charge in [-0.3, -0.25) is 0 Å². The standard InChI is InChI=1S/C22H31NO3/c1-16(17-9-7-6-8-10-17)23-14-18(24)15-26-21-12-11-19(25-5)13-20(21)22(2,3)4/h6-13,16,18,23-24H,14-15H2,1-5H3/p+1/t16-,18-/m1/s1. The Morgan fingerprint density at radius 2 is 1.77 bits per heavy atom. The second-order valence-corrected chi connectivity index (χ2v) is 7.75. The van der Waals surface area contributed by atoms with Crippen LogP contribution >= 0.6 is 0 Å². The Kier molecular flexibility index (Phi) is 7.06. The fourth-order valence-electron chi connectivity index (χ4n) is 2.86. The summed E-state index contributed by atoms with van der Waals surface area (Å²) in [7, 11) is 1.66. The minimum Gasteiger partial charge on any atom is -0.497 e. The normalized spacial score (nSPS) is 13.9. The predicted molar refractivity (Wildman–Crippen MR) is 105 cm³/mol. The van der Waals surface area contributed by atoms with Gasteiger partial charge in [0.15, 0.2) is 0 Å². The monoisotopic (exact) mass is 358 g/mol. The van der Waals surface area contributed by atoms with E-state index in [1.807, 2.05) is 36.4 Å². The third kappa shape index (κ3) is 5.75. The van der Waals surface area contributed by atoms with Crippen LogP contribution in [0.25, 0.3) is 0 Å². The van der Waals surface area contributed by atoms with E-state index in [1.165, 1.54) is 5.56 Å². The van der Waals surface area contributed by atoms with Crippen LogP contribution in [0.3, 0.4) is 0 Å². The lowest BCUT2D eigenvalue weighted by atomic mass is 9.86. The van der Waals surface area contributed by atoms with Crippen LogP contribution in [0.4, 0.5) is 0 Å². The molecule has 2 aromatic rings. The molecule has 2 rings (SSSR count). The number of aliphatic hydroxyl groups excluding tert-OH is 1. The molecule has 0 unspecified atom stereocenters. The molecule has 0 radical (unpaired) electrons. The lowest BCUT2D eigenvalue weighted by molar-refractivity contribution is -0.698. The van der Waals surface area contributed by atoms with Crippen molar-refractivity contribution in [1.29, 1.82) is 0 Å². The van der Waals surface area contributed by atoms with E-state index < -0.39 is 6.10 Å². The smallest absolute Gasteiger partial charge is 0.137 e.